The Kier molecular flexibility index (Phi) is 4.35. The molecule has 0 saturated carbocycles. The Labute approximate surface area is 184 Å². The molecular formula is C25H22N2O2S. The predicted molar refractivity (Wildman–Crippen MR) is 121 cm³/mol. The van der Waals surface area contributed by atoms with Crippen molar-refractivity contribution in [3.05, 3.63) is 65.3 Å². The van der Waals surface area contributed by atoms with Gasteiger partial charge in [-0.1, -0.05) is 30.3 Å². The van der Waals surface area contributed by atoms with Crippen molar-refractivity contribution < 1.29 is 13.6 Å². The summed E-state index contributed by atoms with van der Waals surface area (Å²) in [5.74, 6) is -0.723. The number of aromatic nitrogens is 1. The van der Waals surface area contributed by atoms with Crippen LogP contribution in [0.2, 0.25) is 0 Å². The van der Waals surface area contributed by atoms with E-state index >= 15 is 0 Å². The summed E-state index contributed by atoms with van der Waals surface area (Å²) in [6, 6.07) is 15.6. The normalized spacial score (nSPS) is 15.0. The van der Waals surface area contributed by atoms with Crippen molar-refractivity contribution in [3.63, 3.8) is 0 Å². The van der Waals surface area contributed by atoms with Crippen LogP contribution in [0.3, 0.4) is 0 Å². The minimum Gasteiger partial charge on any atom is -0.466 e. The topological polar surface area (TPSA) is 63.0 Å². The van der Waals surface area contributed by atoms with E-state index in [9.17, 15) is 10.1 Å². The van der Waals surface area contributed by atoms with Crippen LogP contribution in [-0.4, -0.2) is 17.6 Å². The van der Waals surface area contributed by atoms with Crippen LogP contribution in [0.1, 0.15) is 35.3 Å². The zero-order valence-electron chi connectivity index (χ0n) is 19.7. The van der Waals surface area contributed by atoms with Crippen LogP contribution in [0.25, 0.3) is 32.0 Å². The van der Waals surface area contributed by atoms with Crippen LogP contribution >= 0.6 is 11.3 Å². The third-order valence-corrected chi connectivity index (χ3v) is 6.16. The van der Waals surface area contributed by atoms with Crippen molar-refractivity contribution in [1.82, 2.24) is 4.98 Å². The summed E-state index contributed by atoms with van der Waals surface area (Å²) in [4.78, 5) is 17.8. The lowest BCUT2D eigenvalue weighted by Crippen LogP contribution is -2.28. The van der Waals surface area contributed by atoms with Gasteiger partial charge in [-0.3, -0.25) is 9.78 Å². The molecule has 2 heterocycles. The Bertz CT molecular complexity index is 1400. The van der Waals surface area contributed by atoms with Gasteiger partial charge in [0.1, 0.15) is 0 Å². The van der Waals surface area contributed by atoms with Gasteiger partial charge in [-0.15, -0.1) is 11.3 Å². The van der Waals surface area contributed by atoms with Crippen molar-refractivity contribution in [2.75, 3.05) is 6.61 Å². The van der Waals surface area contributed by atoms with Gasteiger partial charge in [0.2, 0.25) is 0 Å². The van der Waals surface area contributed by atoms with Crippen LogP contribution in [0.4, 0.5) is 0 Å². The molecule has 4 rings (SSSR count). The Morgan fingerprint density at radius 1 is 1.20 bits per heavy atom. The van der Waals surface area contributed by atoms with E-state index in [0.29, 0.717) is 5.56 Å². The van der Waals surface area contributed by atoms with E-state index in [0.717, 1.165) is 36.9 Å². The molecule has 1 unspecified atom stereocenters. The zero-order chi connectivity index (χ0) is 23.8. The number of ether oxygens (including phenoxy) is 1. The molecule has 5 heteroatoms. The van der Waals surface area contributed by atoms with Crippen molar-refractivity contribution in [3.8, 4) is 17.2 Å². The van der Waals surface area contributed by atoms with E-state index in [-0.39, 0.29) is 13.0 Å². The van der Waals surface area contributed by atoms with Crippen LogP contribution in [-0.2, 0) is 16.0 Å². The molecule has 0 N–H and O–H groups in total. The lowest BCUT2D eigenvalue weighted by Gasteiger charge is -2.21. The van der Waals surface area contributed by atoms with Gasteiger partial charge < -0.3 is 4.74 Å². The van der Waals surface area contributed by atoms with E-state index < -0.39 is 18.2 Å². The van der Waals surface area contributed by atoms with E-state index in [1.807, 2.05) is 36.4 Å². The highest BCUT2D eigenvalue weighted by Crippen LogP contribution is 2.39. The number of hydrogen-bond acceptors (Lipinski definition) is 5. The largest absolute Gasteiger partial charge is 0.466 e. The summed E-state index contributed by atoms with van der Waals surface area (Å²) in [5, 5.41) is 12.2. The SMILES string of the molecule is [2H]C([2H])([2H])C(C)(Cc1cc2c(-c3ccc(C#N)c4ccccc34)cncc2s1)C(=O)OCC. The number of pyridine rings is 1. The summed E-state index contributed by atoms with van der Waals surface area (Å²) in [6.07, 6.45) is 3.56. The second-order valence-electron chi connectivity index (χ2n) is 7.36. The maximum atomic E-state index is 12.6. The summed E-state index contributed by atoms with van der Waals surface area (Å²) in [6.45, 7) is 0.712. The minimum absolute atomic E-state index is 0.0369. The van der Waals surface area contributed by atoms with E-state index in [4.69, 9.17) is 8.85 Å². The standard InChI is InChI=1S/C25H22N2O2S/c1-4-29-24(28)25(2,3)12-17-11-21-22(14-27-15-23(21)30-17)20-10-9-16(13-26)18-7-5-6-8-19(18)20/h5-11,14-15H,4,12H2,1-3H3/i2D3. The number of carbonyl (C=O) groups is 1. The maximum Gasteiger partial charge on any atom is 0.311 e. The molecule has 2 aromatic heterocycles. The summed E-state index contributed by atoms with van der Waals surface area (Å²) < 4.78 is 30.0. The molecule has 0 aliphatic carbocycles. The molecule has 0 aliphatic rings. The molecule has 0 amide bonds. The first-order valence-corrected chi connectivity index (χ1v) is 10.5. The molecule has 0 bridgehead atoms. The Morgan fingerprint density at radius 3 is 2.73 bits per heavy atom. The number of thiophene rings is 1. The molecule has 4 aromatic rings. The van der Waals surface area contributed by atoms with Gasteiger partial charge in [0.25, 0.3) is 0 Å². The number of hydrogen-bond donors (Lipinski definition) is 0. The Morgan fingerprint density at radius 2 is 2.00 bits per heavy atom. The average Bonchev–Trinajstić information content (AvgIpc) is 3.20. The fourth-order valence-corrected chi connectivity index (χ4v) is 4.87. The highest BCUT2D eigenvalue weighted by Gasteiger charge is 2.30. The molecule has 150 valence electrons. The predicted octanol–water partition coefficient (Wildman–Crippen LogP) is 6.12. The first-order valence-electron chi connectivity index (χ1n) is 11.2. The van der Waals surface area contributed by atoms with Crippen LogP contribution in [0, 0.1) is 16.7 Å². The van der Waals surface area contributed by atoms with Gasteiger partial charge in [-0.05, 0) is 50.2 Å². The van der Waals surface area contributed by atoms with Gasteiger partial charge in [-0.2, -0.15) is 5.26 Å². The summed E-state index contributed by atoms with van der Waals surface area (Å²) in [5.41, 5.74) is 0.778. The third-order valence-electron chi connectivity index (χ3n) is 5.09. The number of nitrogens with zero attached hydrogens (tertiary/aromatic N) is 2. The highest BCUT2D eigenvalue weighted by molar-refractivity contribution is 7.19. The van der Waals surface area contributed by atoms with E-state index in [2.05, 4.69) is 11.1 Å². The smallest absolute Gasteiger partial charge is 0.311 e. The van der Waals surface area contributed by atoms with Crippen LogP contribution < -0.4 is 0 Å². The zero-order valence-corrected chi connectivity index (χ0v) is 17.5. The number of carbonyl (C=O) groups excluding carboxylic acids is 1. The molecule has 30 heavy (non-hydrogen) atoms. The van der Waals surface area contributed by atoms with Gasteiger partial charge in [0.15, 0.2) is 0 Å². The molecule has 1 atom stereocenters. The number of fused-ring (bicyclic) bond motifs is 2. The van der Waals surface area contributed by atoms with Gasteiger partial charge >= 0.3 is 5.97 Å². The van der Waals surface area contributed by atoms with Crippen molar-refractivity contribution in [2.24, 2.45) is 5.41 Å². The number of rotatable bonds is 5. The number of nitriles is 1. The van der Waals surface area contributed by atoms with Gasteiger partial charge in [-0.25, -0.2) is 0 Å². The highest BCUT2D eigenvalue weighted by atomic mass is 32.1. The minimum atomic E-state index is -2.51. The lowest BCUT2D eigenvalue weighted by atomic mass is 9.88. The van der Waals surface area contributed by atoms with E-state index in [1.165, 1.54) is 18.3 Å². The fourth-order valence-electron chi connectivity index (χ4n) is 3.66. The molecule has 0 radical (unpaired) electrons. The first kappa shape index (κ1) is 16.6. The maximum absolute atomic E-state index is 12.6. The number of esters is 1. The Balaban J connectivity index is 1.85. The van der Waals surface area contributed by atoms with Crippen LogP contribution in [0.15, 0.2) is 54.9 Å². The quantitative estimate of drug-likeness (QED) is 0.367. The lowest BCUT2D eigenvalue weighted by molar-refractivity contribution is -0.153. The Hall–Kier alpha value is -3.23. The van der Waals surface area contributed by atoms with Crippen molar-refractivity contribution >= 4 is 38.2 Å². The second kappa shape index (κ2) is 7.89. The summed E-state index contributed by atoms with van der Waals surface area (Å²) >= 11 is 1.43. The molecule has 0 spiro atoms. The summed E-state index contributed by atoms with van der Waals surface area (Å²) in [7, 11) is 0. The second-order valence-corrected chi connectivity index (χ2v) is 8.53. The van der Waals surface area contributed by atoms with E-state index in [1.54, 1.807) is 25.4 Å². The van der Waals surface area contributed by atoms with Crippen molar-refractivity contribution in [1.29, 1.82) is 5.26 Å². The molecule has 0 saturated heterocycles. The van der Waals surface area contributed by atoms with Gasteiger partial charge in [0, 0.05) is 37.7 Å². The fraction of sp³-hybridized carbons (Fsp3) is 0.240. The molecule has 4 nitrogen and oxygen atoms in total. The van der Waals surface area contributed by atoms with Crippen LogP contribution in [0.5, 0.6) is 0 Å². The monoisotopic (exact) mass is 417 g/mol. The molecule has 0 fully saturated rings. The number of benzene rings is 2. The first-order chi connectivity index (χ1) is 15.7. The molecular weight excluding hydrogens is 392 g/mol. The third kappa shape index (κ3) is 3.55. The van der Waals surface area contributed by atoms with Crippen molar-refractivity contribution in [2.45, 2.75) is 27.1 Å². The molecule has 2 aromatic carbocycles. The average molecular weight is 418 g/mol. The van der Waals surface area contributed by atoms with Gasteiger partial charge in [0.05, 0.1) is 28.4 Å². The molecule has 0 aliphatic heterocycles.